The van der Waals surface area contributed by atoms with Crippen molar-refractivity contribution >= 4 is 21.4 Å². The first kappa shape index (κ1) is 13.1. The minimum absolute atomic E-state index is 0.000324. The predicted octanol–water partition coefficient (Wildman–Crippen LogP) is 2.70. The van der Waals surface area contributed by atoms with Gasteiger partial charge >= 0.3 is 0 Å². The Morgan fingerprint density at radius 3 is 3.11 bits per heavy atom. The van der Waals surface area contributed by atoms with Crippen LogP contribution in [0.3, 0.4) is 0 Å². The van der Waals surface area contributed by atoms with E-state index in [9.17, 15) is 5.11 Å². The SMILES string of the molecule is OCC(NCC1CCCO1)c1csc2ccccc12. The highest BCUT2D eigenvalue weighted by atomic mass is 32.1. The Kier molecular flexibility index (Phi) is 4.13. The van der Waals surface area contributed by atoms with E-state index in [2.05, 4.69) is 28.9 Å². The minimum atomic E-state index is 0.000324. The van der Waals surface area contributed by atoms with Gasteiger partial charge in [-0.25, -0.2) is 0 Å². The molecule has 4 heteroatoms. The molecule has 0 aliphatic carbocycles. The second-order valence-corrected chi connectivity index (χ2v) is 5.88. The number of benzene rings is 1. The summed E-state index contributed by atoms with van der Waals surface area (Å²) in [7, 11) is 0. The lowest BCUT2D eigenvalue weighted by Crippen LogP contribution is -2.31. The van der Waals surface area contributed by atoms with Crippen LogP contribution in [-0.4, -0.2) is 31.0 Å². The highest BCUT2D eigenvalue weighted by Crippen LogP contribution is 2.30. The van der Waals surface area contributed by atoms with Crippen molar-refractivity contribution in [2.75, 3.05) is 19.8 Å². The molecule has 1 fully saturated rings. The topological polar surface area (TPSA) is 41.5 Å². The van der Waals surface area contributed by atoms with Crippen LogP contribution < -0.4 is 5.32 Å². The second-order valence-electron chi connectivity index (χ2n) is 4.97. The smallest absolute Gasteiger partial charge is 0.0700 e. The van der Waals surface area contributed by atoms with Gasteiger partial charge in [-0.15, -0.1) is 11.3 Å². The van der Waals surface area contributed by atoms with Crippen LogP contribution in [0, 0.1) is 0 Å². The molecule has 2 aromatic rings. The number of hydrogen-bond acceptors (Lipinski definition) is 4. The van der Waals surface area contributed by atoms with Crippen LogP contribution in [-0.2, 0) is 4.74 Å². The number of aliphatic hydroxyl groups is 1. The van der Waals surface area contributed by atoms with Crippen LogP contribution >= 0.6 is 11.3 Å². The first-order valence-corrected chi connectivity index (χ1v) is 7.68. The molecule has 102 valence electrons. The zero-order valence-corrected chi connectivity index (χ0v) is 11.7. The Labute approximate surface area is 117 Å². The molecule has 2 atom stereocenters. The highest BCUT2D eigenvalue weighted by molar-refractivity contribution is 7.17. The van der Waals surface area contributed by atoms with Crippen molar-refractivity contribution in [1.82, 2.24) is 5.32 Å². The molecule has 1 aromatic carbocycles. The van der Waals surface area contributed by atoms with Gasteiger partial charge in [0.15, 0.2) is 0 Å². The van der Waals surface area contributed by atoms with E-state index in [0.29, 0.717) is 6.10 Å². The molecule has 0 bridgehead atoms. The molecule has 1 aliphatic heterocycles. The van der Waals surface area contributed by atoms with Gasteiger partial charge in [-0.3, -0.25) is 0 Å². The van der Waals surface area contributed by atoms with Crippen LogP contribution in [0.2, 0.25) is 0 Å². The second kappa shape index (κ2) is 6.01. The van der Waals surface area contributed by atoms with E-state index in [-0.39, 0.29) is 12.6 Å². The summed E-state index contributed by atoms with van der Waals surface area (Å²) < 4.78 is 6.88. The van der Waals surface area contributed by atoms with Crippen LogP contribution in [0.1, 0.15) is 24.4 Å². The number of fused-ring (bicyclic) bond motifs is 1. The number of ether oxygens (including phenoxy) is 1. The van der Waals surface area contributed by atoms with Gasteiger partial charge in [0.05, 0.1) is 18.8 Å². The molecule has 0 amide bonds. The lowest BCUT2D eigenvalue weighted by molar-refractivity contribution is 0.104. The average molecular weight is 277 g/mol. The quantitative estimate of drug-likeness (QED) is 0.883. The Morgan fingerprint density at radius 2 is 2.32 bits per heavy atom. The third-order valence-corrected chi connectivity index (χ3v) is 4.67. The van der Waals surface area contributed by atoms with Crippen molar-refractivity contribution in [3.63, 3.8) is 0 Å². The van der Waals surface area contributed by atoms with Crippen LogP contribution in [0.4, 0.5) is 0 Å². The summed E-state index contributed by atoms with van der Waals surface area (Å²) >= 11 is 1.73. The fourth-order valence-electron chi connectivity index (χ4n) is 2.62. The highest BCUT2D eigenvalue weighted by Gasteiger charge is 2.19. The lowest BCUT2D eigenvalue weighted by atomic mass is 10.1. The normalized spacial score (nSPS) is 21.0. The van der Waals surface area contributed by atoms with E-state index < -0.39 is 0 Å². The van der Waals surface area contributed by atoms with Crippen molar-refractivity contribution in [2.45, 2.75) is 25.0 Å². The minimum Gasteiger partial charge on any atom is -0.394 e. The van der Waals surface area contributed by atoms with Crippen LogP contribution in [0.5, 0.6) is 0 Å². The summed E-state index contributed by atoms with van der Waals surface area (Å²) in [6, 6.07) is 8.35. The summed E-state index contributed by atoms with van der Waals surface area (Å²) in [4.78, 5) is 0. The van der Waals surface area contributed by atoms with Crippen LogP contribution in [0.15, 0.2) is 29.6 Å². The average Bonchev–Trinajstić information content (AvgIpc) is 3.09. The first-order chi connectivity index (χ1) is 9.38. The largest absolute Gasteiger partial charge is 0.394 e. The van der Waals surface area contributed by atoms with E-state index in [4.69, 9.17) is 4.74 Å². The molecule has 1 saturated heterocycles. The summed E-state index contributed by atoms with van der Waals surface area (Å²) in [6.45, 7) is 1.81. The summed E-state index contributed by atoms with van der Waals surface area (Å²) in [5.41, 5.74) is 1.20. The molecule has 3 nitrogen and oxygen atoms in total. The monoisotopic (exact) mass is 277 g/mol. The Bertz CT molecular complexity index is 534. The predicted molar refractivity (Wildman–Crippen MR) is 78.6 cm³/mol. The molecule has 3 rings (SSSR count). The molecular weight excluding hydrogens is 258 g/mol. The standard InChI is InChI=1S/C15H19NO2S/c17-9-14(16-8-11-4-3-7-18-11)13-10-19-15-6-2-1-5-12(13)15/h1-2,5-6,10-11,14,16-17H,3-4,7-9H2. The summed E-state index contributed by atoms with van der Waals surface area (Å²) in [5, 5.41) is 16.5. The number of hydrogen-bond donors (Lipinski definition) is 2. The van der Waals surface area contributed by atoms with Gasteiger partial charge in [-0.1, -0.05) is 18.2 Å². The fraction of sp³-hybridized carbons (Fsp3) is 0.467. The fourth-order valence-corrected chi connectivity index (χ4v) is 3.64. The molecule has 19 heavy (non-hydrogen) atoms. The van der Waals surface area contributed by atoms with Crippen molar-refractivity contribution in [3.05, 3.63) is 35.2 Å². The van der Waals surface area contributed by atoms with Gasteiger partial charge < -0.3 is 15.2 Å². The van der Waals surface area contributed by atoms with Gasteiger partial charge in [-0.05, 0) is 35.2 Å². The molecule has 0 spiro atoms. The number of nitrogens with one attached hydrogen (secondary N) is 1. The van der Waals surface area contributed by atoms with Crippen molar-refractivity contribution < 1.29 is 9.84 Å². The number of aliphatic hydroxyl groups excluding tert-OH is 1. The lowest BCUT2D eigenvalue weighted by Gasteiger charge is -2.18. The van der Waals surface area contributed by atoms with Gasteiger partial charge in [0, 0.05) is 17.9 Å². The van der Waals surface area contributed by atoms with Crippen LogP contribution in [0.25, 0.3) is 10.1 Å². The van der Waals surface area contributed by atoms with Crippen molar-refractivity contribution in [1.29, 1.82) is 0 Å². The van der Waals surface area contributed by atoms with E-state index in [1.807, 2.05) is 6.07 Å². The zero-order chi connectivity index (χ0) is 13.1. The maximum atomic E-state index is 9.63. The van der Waals surface area contributed by atoms with Gasteiger partial charge in [0.1, 0.15) is 0 Å². The number of rotatable bonds is 5. The van der Waals surface area contributed by atoms with E-state index in [1.165, 1.54) is 15.6 Å². The molecule has 0 saturated carbocycles. The van der Waals surface area contributed by atoms with E-state index in [0.717, 1.165) is 26.0 Å². The molecule has 1 aromatic heterocycles. The molecular formula is C15H19NO2S. The Hall–Kier alpha value is -0.940. The summed E-state index contributed by atoms with van der Waals surface area (Å²) in [5.74, 6) is 0. The van der Waals surface area contributed by atoms with Gasteiger partial charge in [0.2, 0.25) is 0 Å². The van der Waals surface area contributed by atoms with E-state index in [1.54, 1.807) is 11.3 Å². The maximum Gasteiger partial charge on any atom is 0.0700 e. The molecule has 2 N–H and O–H groups in total. The molecule has 0 radical (unpaired) electrons. The van der Waals surface area contributed by atoms with E-state index >= 15 is 0 Å². The maximum absolute atomic E-state index is 9.63. The Balaban J connectivity index is 1.73. The third kappa shape index (κ3) is 2.82. The van der Waals surface area contributed by atoms with Gasteiger partial charge in [0.25, 0.3) is 0 Å². The molecule has 1 aliphatic rings. The molecule has 2 heterocycles. The zero-order valence-electron chi connectivity index (χ0n) is 10.8. The Morgan fingerprint density at radius 1 is 1.42 bits per heavy atom. The first-order valence-electron chi connectivity index (χ1n) is 6.80. The summed E-state index contributed by atoms with van der Waals surface area (Å²) in [6.07, 6.45) is 2.58. The van der Waals surface area contributed by atoms with Crippen molar-refractivity contribution in [3.8, 4) is 0 Å². The molecule has 2 unspecified atom stereocenters. The van der Waals surface area contributed by atoms with Gasteiger partial charge in [-0.2, -0.15) is 0 Å². The van der Waals surface area contributed by atoms with Crippen molar-refractivity contribution in [2.24, 2.45) is 0 Å². The number of thiophene rings is 1. The third-order valence-electron chi connectivity index (χ3n) is 3.68.